The first-order valence-electron chi connectivity index (χ1n) is 24.5. The van der Waals surface area contributed by atoms with Gasteiger partial charge in [-0.1, -0.05) is 52.9 Å². The van der Waals surface area contributed by atoms with Gasteiger partial charge in [0.15, 0.2) is 0 Å². The monoisotopic (exact) mass is 827 g/mol. The number of carbonyl (C=O) groups is 2. The predicted molar refractivity (Wildman–Crippen MR) is 228 cm³/mol. The molecule has 2 saturated heterocycles. The number of ether oxygens (including phenoxy) is 2. The van der Waals surface area contributed by atoms with Crippen LogP contribution in [-0.4, -0.2) is 122 Å². The second-order valence-corrected chi connectivity index (χ2v) is 22.1. The van der Waals surface area contributed by atoms with Crippen LogP contribution in [0.5, 0.6) is 0 Å². The van der Waals surface area contributed by atoms with Gasteiger partial charge in [-0.3, -0.25) is 14.4 Å². The summed E-state index contributed by atoms with van der Waals surface area (Å²) in [6.45, 7) is 9.77. The third-order valence-corrected chi connectivity index (χ3v) is 18.6. The number of nitrogens with zero attached hydrogens (tertiary/aromatic N) is 2. The van der Waals surface area contributed by atoms with Crippen molar-refractivity contribution in [3.05, 3.63) is 0 Å². The summed E-state index contributed by atoms with van der Waals surface area (Å²) in [5.74, 6) is 3.54. The summed E-state index contributed by atoms with van der Waals surface area (Å²) in [5.41, 5.74) is 0.316. The standard InChI is InChI=1S/C48H82N4O7/c1-27-38-22-32(48(38,3)4)23-39(27)50-47(56)44-43(28(2)54)42(26-53)59-52(44)25-29-13-12-16-34(45(29)57-7)30-19-31(21-33(20-30)51(5)6)46(55)49-24-37-35-14-8-10-17-40(35)58-41-18-11-9-15-36(37)41/h27-45,53-54H,8-26H2,1-7H3,(H,49,55)(H,50,56)/t27-,28-,29?,30?,31?,32+,33?,34?,35?,36?,37?,38-,39-,40?,41?,42-,43+,44-,45?/m0/s1. The van der Waals surface area contributed by atoms with E-state index in [-0.39, 0.29) is 48.3 Å². The molecule has 2 aliphatic heterocycles. The summed E-state index contributed by atoms with van der Waals surface area (Å²) in [5, 5.41) is 30.4. The maximum absolute atomic E-state index is 14.4. The molecule has 2 heterocycles. The Morgan fingerprint density at radius 3 is 2.19 bits per heavy atom. The van der Waals surface area contributed by atoms with Crippen LogP contribution in [0.25, 0.3) is 0 Å². The van der Waals surface area contributed by atoms with E-state index < -0.39 is 24.2 Å². The zero-order valence-corrected chi connectivity index (χ0v) is 37.7. The van der Waals surface area contributed by atoms with Crippen LogP contribution in [0.15, 0.2) is 0 Å². The number of methoxy groups -OCH3 is 1. The number of aliphatic hydroxyl groups excluding tert-OH is 2. The molecular weight excluding hydrogens is 745 g/mol. The number of fused-ring (bicyclic) bond motifs is 4. The fourth-order valence-electron chi connectivity index (χ4n) is 15.2. The topological polar surface area (TPSA) is 133 Å². The molecule has 0 aromatic carbocycles. The molecule has 0 spiro atoms. The largest absolute Gasteiger partial charge is 0.394 e. The van der Waals surface area contributed by atoms with Gasteiger partial charge in [0.1, 0.15) is 12.1 Å². The van der Waals surface area contributed by atoms with Gasteiger partial charge >= 0.3 is 0 Å². The van der Waals surface area contributed by atoms with Gasteiger partial charge in [0, 0.05) is 50.0 Å². The Bertz CT molecular complexity index is 1420. The van der Waals surface area contributed by atoms with E-state index in [1.807, 2.05) is 12.2 Å². The molecule has 4 N–H and O–H groups in total. The molecule has 2 amide bonds. The minimum Gasteiger partial charge on any atom is -0.394 e. The lowest BCUT2D eigenvalue weighted by Gasteiger charge is -2.62. The Hall–Kier alpha value is -1.34. The zero-order valence-electron chi connectivity index (χ0n) is 37.7. The van der Waals surface area contributed by atoms with Crippen LogP contribution < -0.4 is 10.6 Å². The smallest absolute Gasteiger partial charge is 0.240 e. The first kappa shape index (κ1) is 44.3. The number of hydroxylamine groups is 2. The van der Waals surface area contributed by atoms with Gasteiger partial charge < -0.3 is 35.2 Å². The Morgan fingerprint density at radius 1 is 0.898 bits per heavy atom. The number of amides is 2. The van der Waals surface area contributed by atoms with Crippen LogP contribution >= 0.6 is 0 Å². The Labute approximate surface area is 356 Å². The van der Waals surface area contributed by atoms with E-state index in [0.717, 1.165) is 51.5 Å². The lowest BCUT2D eigenvalue weighted by Crippen LogP contribution is -2.62. The molecule has 9 aliphatic rings. The Balaban J connectivity index is 0.948. The van der Waals surface area contributed by atoms with Crippen LogP contribution in [0.3, 0.4) is 0 Å². The molecule has 11 heteroatoms. The van der Waals surface area contributed by atoms with E-state index in [4.69, 9.17) is 14.3 Å². The first-order chi connectivity index (χ1) is 28.3. The SMILES string of the molecule is COC1C(CN2O[C@@H](CO)[C@@H]([C@H](C)O)[C@H]2C(=O)N[C@H]2C[C@H]3C[C@@H]([C@@H]2C)C3(C)C)CCCC1C1CC(C(=O)NCC2C3CCCCC3OC3CCCCC32)CC(N(C)C)C1. The molecule has 10 unspecified atom stereocenters. The minimum absolute atomic E-state index is 0.0333. The lowest BCUT2D eigenvalue weighted by molar-refractivity contribution is -0.193. The first-order valence-corrected chi connectivity index (χ1v) is 24.5. The van der Waals surface area contributed by atoms with Crippen molar-refractivity contribution >= 4 is 11.8 Å². The Kier molecular flexibility index (Phi) is 13.8. The maximum atomic E-state index is 14.4. The van der Waals surface area contributed by atoms with Gasteiger partial charge in [0.25, 0.3) is 0 Å². The van der Waals surface area contributed by atoms with E-state index in [2.05, 4.69) is 50.4 Å². The third kappa shape index (κ3) is 8.68. The van der Waals surface area contributed by atoms with E-state index in [0.29, 0.717) is 71.6 Å². The van der Waals surface area contributed by atoms with Crippen molar-refractivity contribution in [3.63, 3.8) is 0 Å². The van der Waals surface area contributed by atoms with Gasteiger partial charge in [-0.25, -0.2) is 0 Å². The van der Waals surface area contributed by atoms with Crippen molar-refractivity contribution in [2.75, 3.05) is 40.9 Å². The highest BCUT2D eigenvalue weighted by Gasteiger charge is 2.58. The van der Waals surface area contributed by atoms with Gasteiger partial charge in [0.2, 0.25) is 11.8 Å². The summed E-state index contributed by atoms with van der Waals surface area (Å²) in [7, 11) is 6.16. The summed E-state index contributed by atoms with van der Waals surface area (Å²) < 4.78 is 13.2. The van der Waals surface area contributed by atoms with Gasteiger partial charge in [0.05, 0.1) is 31.0 Å². The predicted octanol–water partition coefficient (Wildman–Crippen LogP) is 5.81. The second-order valence-electron chi connectivity index (χ2n) is 22.1. The highest BCUT2D eigenvalue weighted by atomic mass is 16.7. The maximum Gasteiger partial charge on any atom is 0.240 e. The summed E-state index contributed by atoms with van der Waals surface area (Å²) in [6.07, 6.45) is 17.2. The van der Waals surface area contributed by atoms with Crippen molar-refractivity contribution in [2.24, 2.45) is 70.5 Å². The molecule has 336 valence electrons. The van der Waals surface area contributed by atoms with Crippen molar-refractivity contribution in [1.29, 1.82) is 0 Å². The molecule has 0 aromatic rings. The summed E-state index contributed by atoms with van der Waals surface area (Å²) in [4.78, 5) is 37.6. The number of carbonyl (C=O) groups excluding carboxylic acids is 2. The fourth-order valence-corrected chi connectivity index (χ4v) is 15.2. The van der Waals surface area contributed by atoms with Gasteiger partial charge in [-0.05, 0) is 144 Å². The normalized spacial score (nSPS) is 46.4. The lowest BCUT2D eigenvalue weighted by atomic mass is 9.45. The highest BCUT2D eigenvalue weighted by molar-refractivity contribution is 5.83. The van der Waals surface area contributed by atoms with Crippen LogP contribution in [0.2, 0.25) is 0 Å². The second kappa shape index (κ2) is 18.4. The van der Waals surface area contributed by atoms with Crippen molar-refractivity contribution in [3.8, 4) is 0 Å². The Morgan fingerprint density at radius 2 is 1.58 bits per heavy atom. The van der Waals surface area contributed by atoms with E-state index in [1.54, 1.807) is 6.92 Å². The van der Waals surface area contributed by atoms with E-state index in [1.165, 1.54) is 57.8 Å². The zero-order chi connectivity index (χ0) is 41.7. The van der Waals surface area contributed by atoms with Crippen LogP contribution in [0, 0.1) is 70.5 Å². The molecular formula is C48H82N4O7. The number of hydrogen-bond acceptors (Lipinski definition) is 9. The number of nitrogens with one attached hydrogen (secondary N) is 2. The van der Waals surface area contributed by atoms with Crippen LogP contribution in [0.1, 0.15) is 130 Å². The molecule has 18 atom stereocenters. The van der Waals surface area contributed by atoms with Crippen molar-refractivity contribution < 1.29 is 34.1 Å². The molecule has 0 radical (unpaired) electrons. The molecule has 9 fully saturated rings. The average Bonchev–Trinajstić information content (AvgIpc) is 3.61. The van der Waals surface area contributed by atoms with E-state index >= 15 is 0 Å². The fraction of sp³-hybridized carbons (Fsp3) is 0.958. The molecule has 9 rings (SSSR count). The average molecular weight is 827 g/mol. The molecule has 7 aliphatic carbocycles. The molecule has 2 bridgehead atoms. The summed E-state index contributed by atoms with van der Waals surface area (Å²) in [6, 6.07) is -0.282. The number of aliphatic hydroxyl groups is 2. The molecule has 11 nitrogen and oxygen atoms in total. The minimum atomic E-state index is -0.825. The van der Waals surface area contributed by atoms with Crippen molar-refractivity contribution in [1.82, 2.24) is 20.6 Å². The highest BCUT2D eigenvalue weighted by Crippen LogP contribution is 2.61. The number of hydrogen-bond donors (Lipinski definition) is 4. The summed E-state index contributed by atoms with van der Waals surface area (Å²) >= 11 is 0. The van der Waals surface area contributed by atoms with Gasteiger partial charge in [-0.15, -0.1) is 0 Å². The molecule has 59 heavy (non-hydrogen) atoms. The number of rotatable bonds is 12. The van der Waals surface area contributed by atoms with Crippen molar-refractivity contribution in [2.45, 2.75) is 179 Å². The van der Waals surface area contributed by atoms with Crippen LogP contribution in [0.4, 0.5) is 0 Å². The third-order valence-electron chi connectivity index (χ3n) is 18.6. The molecule has 7 saturated carbocycles. The van der Waals surface area contributed by atoms with Crippen LogP contribution in [-0.2, 0) is 23.9 Å². The van der Waals surface area contributed by atoms with Gasteiger partial charge in [-0.2, -0.15) is 5.06 Å². The quantitative estimate of drug-likeness (QED) is 0.193. The molecule has 0 aromatic heterocycles. The van der Waals surface area contributed by atoms with E-state index in [9.17, 15) is 19.8 Å².